The van der Waals surface area contributed by atoms with Gasteiger partial charge in [-0.3, -0.25) is 0 Å². The Kier molecular flexibility index (Phi) is 4.20. The van der Waals surface area contributed by atoms with Crippen molar-refractivity contribution in [1.82, 2.24) is 0 Å². The minimum absolute atomic E-state index is 0.819. The normalized spacial score (nSPS) is 12.0. The van der Waals surface area contributed by atoms with Crippen molar-refractivity contribution in [3.63, 3.8) is 0 Å². The molecule has 0 aromatic rings. The summed E-state index contributed by atoms with van der Waals surface area (Å²) in [5, 5.41) is 0. The summed E-state index contributed by atoms with van der Waals surface area (Å²) < 4.78 is 0. The van der Waals surface area contributed by atoms with Crippen LogP contribution >= 0.6 is 0 Å². The van der Waals surface area contributed by atoms with E-state index in [1.54, 1.807) is 0 Å². The predicted molar refractivity (Wildman–Crippen MR) is 47.2 cm³/mol. The molecular weight excluding hydrogens is 124 g/mol. The van der Waals surface area contributed by atoms with E-state index in [9.17, 15) is 0 Å². The number of unbranched alkanes of at least 4 members (excludes halogenated alkanes) is 2. The van der Waals surface area contributed by atoms with Crippen LogP contribution in [0.2, 0.25) is 19.6 Å². The average Bonchev–Trinajstić information content (AvgIpc) is 1.63. The third-order valence-corrected chi connectivity index (χ3v) is 2.83. The minimum atomic E-state index is -0.819. The van der Waals surface area contributed by atoms with Crippen molar-refractivity contribution in [2.45, 2.75) is 45.8 Å². The molecule has 0 saturated heterocycles. The van der Waals surface area contributed by atoms with E-state index in [-0.39, 0.29) is 0 Å². The van der Waals surface area contributed by atoms with Gasteiger partial charge in [-0.1, -0.05) is 45.8 Å². The lowest BCUT2D eigenvalue weighted by Gasteiger charge is -2.13. The Labute approximate surface area is 60.7 Å². The van der Waals surface area contributed by atoms with E-state index in [1.165, 1.54) is 19.3 Å². The van der Waals surface area contributed by atoms with Gasteiger partial charge in [-0.15, -0.1) is 0 Å². The number of rotatable bonds is 4. The van der Waals surface area contributed by atoms with Gasteiger partial charge in [0.2, 0.25) is 0 Å². The molecule has 0 saturated carbocycles. The van der Waals surface area contributed by atoms with Crippen molar-refractivity contribution in [3.05, 3.63) is 6.04 Å². The molecule has 0 amide bonds. The van der Waals surface area contributed by atoms with Crippen LogP contribution in [-0.2, 0) is 0 Å². The molecule has 1 heteroatoms. The van der Waals surface area contributed by atoms with Crippen LogP contribution in [-0.4, -0.2) is 8.07 Å². The summed E-state index contributed by atoms with van der Waals surface area (Å²) in [6, 6.07) is 2.54. The second-order valence-corrected chi connectivity index (χ2v) is 8.85. The third-order valence-electron chi connectivity index (χ3n) is 1.31. The molecule has 0 N–H and O–H groups in total. The molecule has 0 bridgehead atoms. The lowest BCUT2D eigenvalue weighted by Crippen LogP contribution is -2.20. The quantitative estimate of drug-likeness (QED) is 0.418. The van der Waals surface area contributed by atoms with Gasteiger partial charge in [0.25, 0.3) is 0 Å². The highest BCUT2D eigenvalue weighted by molar-refractivity contribution is 6.79. The molecule has 0 spiro atoms. The van der Waals surface area contributed by atoms with Gasteiger partial charge in [0.15, 0.2) is 0 Å². The Morgan fingerprint density at radius 1 is 1.22 bits per heavy atom. The molecule has 0 aromatic heterocycles. The number of hydrogen-bond donors (Lipinski definition) is 0. The Morgan fingerprint density at radius 3 is 2.11 bits per heavy atom. The van der Waals surface area contributed by atoms with Crippen molar-refractivity contribution in [2.24, 2.45) is 0 Å². The average molecular weight is 143 g/mol. The molecule has 0 aliphatic carbocycles. The van der Waals surface area contributed by atoms with Crippen LogP contribution in [0.1, 0.15) is 26.2 Å². The first-order valence-corrected chi connectivity index (χ1v) is 7.48. The zero-order chi connectivity index (χ0) is 7.33. The summed E-state index contributed by atoms with van der Waals surface area (Å²) in [6.45, 7) is 9.42. The van der Waals surface area contributed by atoms with Crippen molar-refractivity contribution in [3.8, 4) is 0 Å². The van der Waals surface area contributed by atoms with Gasteiger partial charge in [-0.25, -0.2) is 0 Å². The van der Waals surface area contributed by atoms with Gasteiger partial charge >= 0.3 is 0 Å². The molecule has 1 radical (unpaired) electrons. The number of hydrogen-bond acceptors (Lipinski definition) is 0. The first-order valence-electron chi connectivity index (χ1n) is 3.90. The van der Waals surface area contributed by atoms with Crippen molar-refractivity contribution in [1.29, 1.82) is 0 Å². The van der Waals surface area contributed by atoms with Gasteiger partial charge in [0.05, 0.1) is 0 Å². The van der Waals surface area contributed by atoms with E-state index in [0.29, 0.717) is 0 Å². The standard InChI is InChI=1S/C8H19Si/c1-5-6-7-8-9(2,3)4/h8H,5-7H2,1-4H3. The highest BCUT2D eigenvalue weighted by Gasteiger charge is 2.11. The fourth-order valence-electron chi connectivity index (χ4n) is 0.739. The molecular formula is C8H19Si. The fraction of sp³-hybridized carbons (Fsp3) is 0.875. The Bertz CT molecular complexity index is 61.5. The summed E-state index contributed by atoms with van der Waals surface area (Å²) in [6.07, 6.45) is 4.05. The molecule has 0 fully saturated rings. The van der Waals surface area contributed by atoms with E-state index < -0.39 is 8.07 Å². The van der Waals surface area contributed by atoms with Crippen LogP contribution < -0.4 is 0 Å². The first-order chi connectivity index (χ1) is 4.06. The van der Waals surface area contributed by atoms with Crippen molar-refractivity contribution in [2.75, 3.05) is 0 Å². The highest BCUT2D eigenvalue weighted by Crippen LogP contribution is 2.10. The van der Waals surface area contributed by atoms with Crippen molar-refractivity contribution >= 4 is 8.07 Å². The molecule has 0 heterocycles. The molecule has 9 heavy (non-hydrogen) atoms. The molecule has 0 aromatic carbocycles. The van der Waals surface area contributed by atoms with Gasteiger partial charge in [0, 0.05) is 8.07 Å². The summed E-state index contributed by atoms with van der Waals surface area (Å²) >= 11 is 0. The topological polar surface area (TPSA) is 0 Å². The van der Waals surface area contributed by atoms with Gasteiger partial charge in [-0.05, 0) is 6.04 Å². The Balaban J connectivity index is 3.07. The minimum Gasteiger partial charge on any atom is -0.0693 e. The molecule has 0 nitrogen and oxygen atoms in total. The fourth-order valence-corrected chi connectivity index (χ4v) is 1.81. The Morgan fingerprint density at radius 2 is 1.78 bits per heavy atom. The maximum atomic E-state index is 2.54. The summed E-state index contributed by atoms with van der Waals surface area (Å²) in [5.41, 5.74) is 0. The van der Waals surface area contributed by atoms with E-state index in [0.717, 1.165) is 0 Å². The molecule has 0 atom stereocenters. The van der Waals surface area contributed by atoms with E-state index in [1.807, 2.05) is 0 Å². The third kappa shape index (κ3) is 8.22. The van der Waals surface area contributed by atoms with Crippen LogP contribution in [0, 0.1) is 6.04 Å². The molecule has 0 unspecified atom stereocenters. The maximum Gasteiger partial charge on any atom is 0.0473 e. The van der Waals surface area contributed by atoms with Crippen LogP contribution in [0.4, 0.5) is 0 Å². The summed E-state index contributed by atoms with van der Waals surface area (Å²) in [4.78, 5) is 0. The van der Waals surface area contributed by atoms with Crippen LogP contribution in [0.25, 0.3) is 0 Å². The zero-order valence-corrected chi connectivity index (χ0v) is 8.20. The molecule has 0 aliphatic rings. The molecule has 0 rings (SSSR count). The monoisotopic (exact) mass is 143 g/mol. The smallest absolute Gasteiger partial charge is 0.0473 e. The largest absolute Gasteiger partial charge is 0.0693 e. The van der Waals surface area contributed by atoms with Gasteiger partial charge in [0.1, 0.15) is 0 Å². The second kappa shape index (κ2) is 4.10. The van der Waals surface area contributed by atoms with Crippen LogP contribution in [0.15, 0.2) is 0 Å². The lowest BCUT2D eigenvalue weighted by atomic mass is 10.3. The summed E-state index contributed by atoms with van der Waals surface area (Å²) in [5.74, 6) is 0. The van der Waals surface area contributed by atoms with E-state index >= 15 is 0 Å². The Hall–Kier alpha value is 0.217. The predicted octanol–water partition coefficient (Wildman–Crippen LogP) is 3.26. The van der Waals surface area contributed by atoms with E-state index in [4.69, 9.17) is 0 Å². The second-order valence-electron chi connectivity index (χ2n) is 3.71. The van der Waals surface area contributed by atoms with E-state index in [2.05, 4.69) is 32.6 Å². The van der Waals surface area contributed by atoms with Gasteiger partial charge < -0.3 is 0 Å². The highest BCUT2D eigenvalue weighted by atomic mass is 28.3. The first kappa shape index (κ1) is 9.22. The van der Waals surface area contributed by atoms with Crippen LogP contribution in [0.3, 0.4) is 0 Å². The lowest BCUT2D eigenvalue weighted by molar-refractivity contribution is 0.800. The molecule has 0 aliphatic heterocycles. The van der Waals surface area contributed by atoms with Crippen LogP contribution in [0.5, 0.6) is 0 Å². The zero-order valence-electron chi connectivity index (χ0n) is 7.20. The SMILES string of the molecule is CCCC[CH][Si](C)(C)C. The maximum absolute atomic E-state index is 2.54. The van der Waals surface area contributed by atoms with Crippen molar-refractivity contribution < 1.29 is 0 Å². The van der Waals surface area contributed by atoms with Gasteiger partial charge in [-0.2, -0.15) is 0 Å². The summed E-state index contributed by atoms with van der Waals surface area (Å²) in [7, 11) is -0.819. The molecule has 55 valence electrons.